The molecule has 10 heteroatoms. The molecule has 3 rings (SSSR count). The zero-order valence-corrected chi connectivity index (χ0v) is 37.2. The topological polar surface area (TPSA) is 101 Å². The van der Waals surface area contributed by atoms with E-state index in [-0.39, 0.29) is 25.7 Å². The number of benzene rings is 3. The third-order valence-electron chi connectivity index (χ3n) is 9.86. The summed E-state index contributed by atoms with van der Waals surface area (Å²) in [6.07, 6.45) is 19.0. The molecule has 322 valence electrons. The van der Waals surface area contributed by atoms with Crippen LogP contribution in [-0.2, 0) is 33.5 Å². The average Bonchev–Trinajstić information content (AvgIpc) is 3.19. The van der Waals surface area contributed by atoms with E-state index in [4.69, 9.17) is 23.3 Å². The second-order valence-electron chi connectivity index (χ2n) is 16.5. The summed E-state index contributed by atoms with van der Waals surface area (Å²) in [6.45, 7) is 6.22. The second-order valence-corrected chi connectivity index (χ2v) is 17.9. The molecule has 0 bridgehead atoms. The van der Waals surface area contributed by atoms with Crippen molar-refractivity contribution in [2.24, 2.45) is 0 Å². The van der Waals surface area contributed by atoms with Crippen LogP contribution in [-0.4, -0.2) is 75.1 Å². The molecule has 0 aliphatic heterocycles. The molecule has 3 aromatic rings. The molecular formula is C48H73NO8P+. The van der Waals surface area contributed by atoms with Crippen LogP contribution in [0.4, 0.5) is 0 Å². The number of hydrogen-bond acceptors (Lipinski definition) is 7. The van der Waals surface area contributed by atoms with Crippen LogP contribution >= 0.6 is 7.82 Å². The van der Waals surface area contributed by atoms with Crippen LogP contribution in [0.15, 0.2) is 97.1 Å². The van der Waals surface area contributed by atoms with Crippen molar-refractivity contribution < 1.29 is 42.0 Å². The molecule has 3 aromatic carbocycles. The average molecular weight is 823 g/mol. The fourth-order valence-corrected chi connectivity index (χ4v) is 7.44. The van der Waals surface area contributed by atoms with E-state index in [1.807, 2.05) is 120 Å². The van der Waals surface area contributed by atoms with Crippen LogP contribution < -0.4 is 4.74 Å². The number of likely N-dealkylation sites (N-methyl/N-ethyl adjacent to an activating group) is 1. The first-order valence-electron chi connectivity index (χ1n) is 21.6. The van der Waals surface area contributed by atoms with Gasteiger partial charge in [0, 0.05) is 6.42 Å². The summed E-state index contributed by atoms with van der Waals surface area (Å²) in [4.78, 5) is 23.9. The van der Waals surface area contributed by atoms with Crippen molar-refractivity contribution in [2.75, 3.05) is 47.5 Å². The van der Waals surface area contributed by atoms with Gasteiger partial charge >= 0.3 is 13.8 Å². The quantitative estimate of drug-likeness (QED) is 0.0171. The number of nitrogens with zero attached hydrogens (tertiary/aromatic N) is 1. The molecule has 2 atom stereocenters. The van der Waals surface area contributed by atoms with Gasteiger partial charge in [-0.05, 0) is 74.8 Å². The highest BCUT2D eigenvalue weighted by Crippen LogP contribution is 2.44. The predicted molar refractivity (Wildman–Crippen MR) is 235 cm³/mol. The maximum atomic E-state index is 13.3. The molecule has 1 unspecified atom stereocenters. The minimum absolute atomic E-state index is 0.0105. The number of carbonyl (C=O) groups is 1. The van der Waals surface area contributed by atoms with Gasteiger partial charge in [0.2, 0.25) is 0 Å². The van der Waals surface area contributed by atoms with Gasteiger partial charge in [0.1, 0.15) is 30.6 Å². The van der Waals surface area contributed by atoms with Crippen LogP contribution in [0.2, 0.25) is 0 Å². The Hall–Kier alpha value is -3.30. The molecule has 0 fully saturated rings. The standard InChI is InChI=1S/C48H72NO8P/c1-7-8-9-10-11-12-13-14-15-16-17-18-19-20-27-32-47(50)57-46(40-55-58(51,52)54-38-37-49(4,5)6)39-53-48(42-28-23-21-24-29-42,43-30-25-22-26-31-43)44-33-35-45(36-34-44)56-41(2)3/h14-15,21-26,28-31,33-36,41,46H,7-13,16-20,27,32,37-40H2,1-6H3/p+1/b15-14-/t46-/m1/s1. The van der Waals surface area contributed by atoms with Crippen molar-refractivity contribution in [3.8, 4) is 5.75 Å². The maximum absolute atomic E-state index is 13.3. The molecule has 0 aliphatic carbocycles. The Morgan fingerprint density at radius 3 is 1.76 bits per heavy atom. The van der Waals surface area contributed by atoms with Crippen molar-refractivity contribution >= 4 is 13.8 Å². The smallest absolute Gasteiger partial charge is 0.472 e. The molecule has 0 radical (unpaired) electrons. The van der Waals surface area contributed by atoms with Crippen molar-refractivity contribution in [1.82, 2.24) is 0 Å². The SMILES string of the molecule is CCCCCCCC/C=C\CCCCCCCC(=O)O[C@H](COC(c1ccccc1)(c1ccccc1)c1ccc(OC(C)C)cc1)COP(=O)(O)OCC[N+](C)(C)C. The fourth-order valence-electron chi connectivity index (χ4n) is 6.70. The highest BCUT2D eigenvalue weighted by Gasteiger charge is 2.39. The first-order valence-corrected chi connectivity index (χ1v) is 23.1. The van der Waals surface area contributed by atoms with Crippen LogP contribution in [0, 0.1) is 0 Å². The zero-order valence-electron chi connectivity index (χ0n) is 36.3. The summed E-state index contributed by atoms with van der Waals surface area (Å²) in [6, 6.07) is 27.5. The Morgan fingerprint density at radius 2 is 1.22 bits per heavy atom. The van der Waals surface area contributed by atoms with Gasteiger partial charge < -0.3 is 23.6 Å². The lowest BCUT2D eigenvalue weighted by Gasteiger charge is -2.37. The molecule has 0 saturated heterocycles. The van der Waals surface area contributed by atoms with Crippen molar-refractivity contribution in [1.29, 1.82) is 0 Å². The summed E-state index contributed by atoms with van der Waals surface area (Å²) >= 11 is 0. The molecule has 0 saturated carbocycles. The number of esters is 1. The minimum Gasteiger partial charge on any atom is -0.491 e. The lowest BCUT2D eigenvalue weighted by atomic mass is 9.80. The number of rotatable bonds is 31. The summed E-state index contributed by atoms with van der Waals surface area (Å²) in [5, 5.41) is 0. The summed E-state index contributed by atoms with van der Waals surface area (Å²) < 4.78 is 43.2. The Labute approximate surface area is 350 Å². The predicted octanol–water partition coefficient (Wildman–Crippen LogP) is 11.6. The van der Waals surface area contributed by atoms with Gasteiger partial charge in [-0.2, -0.15) is 0 Å². The number of unbranched alkanes of at least 4 members (excludes halogenated alkanes) is 11. The molecule has 0 heterocycles. The summed E-state index contributed by atoms with van der Waals surface area (Å²) in [7, 11) is 1.43. The minimum atomic E-state index is -4.46. The number of ether oxygens (including phenoxy) is 3. The molecule has 1 N–H and O–H groups in total. The zero-order chi connectivity index (χ0) is 42.1. The first kappa shape index (κ1) is 49.1. The van der Waals surface area contributed by atoms with Gasteiger partial charge in [-0.15, -0.1) is 0 Å². The number of allylic oxidation sites excluding steroid dienone is 2. The summed E-state index contributed by atoms with van der Waals surface area (Å²) in [5.41, 5.74) is 1.40. The van der Waals surface area contributed by atoms with Gasteiger partial charge in [0.05, 0.1) is 40.5 Å². The molecule has 0 aliphatic rings. The monoisotopic (exact) mass is 823 g/mol. The highest BCUT2D eigenvalue weighted by molar-refractivity contribution is 7.47. The highest BCUT2D eigenvalue weighted by atomic mass is 31.2. The Kier molecular flexibility index (Phi) is 22.6. The van der Waals surface area contributed by atoms with E-state index in [0.717, 1.165) is 54.5 Å². The molecule has 0 spiro atoms. The van der Waals surface area contributed by atoms with Crippen LogP contribution in [0.1, 0.15) is 127 Å². The second kappa shape index (κ2) is 26.7. The number of carbonyl (C=O) groups excluding carboxylic acids is 1. The fraction of sp³-hybridized carbons (Fsp3) is 0.562. The largest absolute Gasteiger partial charge is 0.491 e. The number of quaternary nitrogens is 1. The molecule has 58 heavy (non-hydrogen) atoms. The van der Waals surface area contributed by atoms with Crippen LogP contribution in [0.25, 0.3) is 0 Å². The molecule has 9 nitrogen and oxygen atoms in total. The lowest BCUT2D eigenvalue weighted by Crippen LogP contribution is -2.38. The number of hydrogen-bond donors (Lipinski definition) is 1. The molecule has 0 aromatic heterocycles. The van der Waals surface area contributed by atoms with E-state index in [9.17, 15) is 14.3 Å². The number of phosphoric acid groups is 1. The molecule has 0 amide bonds. The van der Waals surface area contributed by atoms with Gasteiger partial charge in [0.25, 0.3) is 0 Å². The van der Waals surface area contributed by atoms with E-state index in [1.54, 1.807) is 0 Å². The van der Waals surface area contributed by atoms with Crippen molar-refractivity contribution in [3.05, 3.63) is 114 Å². The Balaban J connectivity index is 1.70. The van der Waals surface area contributed by atoms with Crippen molar-refractivity contribution in [2.45, 2.75) is 128 Å². The molecular weight excluding hydrogens is 750 g/mol. The van der Waals surface area contributed by atoms with Crippen LogP contribution in [0.3, 0.4) is 0 Å². The normalized spacial score (nSPS) is 13.8. The van der Waals surface area contributed by atoms with E-state index in [0.29, 0.717) is 17.4 Å². The van der Waals surface area contributed by atoms with E-state index in [1.165, 1.54) is 44.9 Å². The third kappa shape index (κ3) is 19.2. The van der Waals surface area contributed by atoms with Crippen LogP contribution in [0.5, 0.6) is 5.75 Å². The van der Waals surface area contributed by atoms with Crippen molar-refractivity contribution in [3.63, 3.8) is 0 Å². The van der Waals surface area contributed by atoms with E-state index < -0.39 is 32.1 Å². The Morgan fingerprint density at radius 1 is 0.707 bits per heavy atom. The van der Waals surface area contributed by atoms with E-state index in [2.05, 4.69) is 19.1 Å². The Bertz CT molecular complexity index is 1570. The summed E-state index contributed by atoms with van der Waals surface area (Å²) in [5.74, 6) is 0.322. The van der Waals surface area contributed by atoms with Gasteiger partial charge in [-0.1, -0.05) is 143 Å². The first-order chi connectivity index (χ1) is 27.8. The van der Waals surface area contributed by atoms with Gasteiger partial charge in [-0.25, -0.2) is 4.57 Å². The van der Waals surface area contributed by atoms with E-state index >= 15 is 0 Å². The van der Waals surface area contributed by atoms with Gasteiger partial charge in [-0.3, -0.25) is 13.8 Å². The lowest BCUT2D eigenvalue weighted by molar-refractivity contribution is -0.870. The van der Waals surface area contributed by atoms with Gasteiger partial charge in [0.15, 0.2) is 0 Å². The number of phosphoric ester groups is 1. The third-order valence-corrected chi connectivity index (χ3v) is 10.8. The maximum Gasteiger partial charge on any atom is 0.472 e.